The third-order valence-corrected chi connectivity index (χ3v) is 20.3. The Morgan fingerprint density at radius 3 is 1.97 bits per heavy atom. The van der Waals surface area contributed by atoms with E-state index in [1.807, 2.05) is 27.7 Å². The Morgan fingerprint density at radius 1 is 0.903 bits per heavy atom. The van der Waals surface area contributed by atoms with Gasteiger partial charge in [-0.15, -0.1) is 0 Å². The minimum atomic E-state index is -2.45. The third kappa shape index (κ3) is 8.13. The van der Waals surface area contributed by atoms with Crippen molar-refractivity contribution < 1.29 is 18.9 Å². The van der Waals surface area contributed by atoms with Crippen LogP contribution < -0.4 is 0 Å². The average Bonchev–Trinajstić information content (AvgIpc) is 3.03. The first-order valence-corrected chi connectivity index (χ1v) is 20.2. The first kappa shape index (κ1) is 27.4. The van der Waals surface area contributed by atoms with Gasteiger partial charge in [-0.2, -0.15) is 0 Å². The van der Waals surface area contributed by atoms with Crippen molar-refractivity contribution in [2.75, 3.05) is 6.61 Å². The molecule has 1 radical (unpaired) electrons. The molecule has 0 aromatic rings. The van der Waals surface area contributed by atoms with Gasteiger partial charge >= 0.3 is 196 Å². The standard InChI is InChI=1S/C14H20O4.3C4H9.Sn/c1-7-10-12(18-14(5,6)16-10)11-9(2)8-15-13(3,4)17-11;3*1-3-4-2;/h1,10-12H,2,8H2,3-6H3;3*1,3-4H2,2H3;/t10-,11-,12+;;;;/m0..../s1. The van der Waals surface area contributed by atoms with Crippen LogP contribution in [0.1, 0.15) is 87.0 Å². The summed E-state index contributed by atoms with van der Waals surface area (Å²) in [6.45, 7) is 19.5. The molecule has 2 saturated heterocycles. The summed E-state index contributed by atoms with van der Waals surface area (Å²) in [5.41, 5.74) is 0.912. The number of hydrogen-bond acceptors (Lipinski definition) is 4. The van der Waals surface area contributed by atoms with Gasteiger partial charge in [0.2, 0.25) is 0 Å². The van der Waals surface area contributed by atoms with E-state index in [9.17, 15) is 0 Å². The summed E-state index contributed by atoms with van der Waals surface area (Å²) < 4.78 is 31.6. The van der Waals surface area contributed by atoms with Crippen molar-refractivity contribution in [1.29, 1.82) is 0 Å². The van der Waals surface area contributed by atoms with Crippen LogP contribution in [0, 0.1) is 6.08 Å². The fourth-order valence-corrected chi connectivity index (χ4v) is 18.6. The zero-order valence-corrected chi connectivity index (χ0v) is 24.1. The molecule has 0 unspecified atom stereocenters. The van der Waals surface area contributed by atoms with E-state index in [0.717, 1.165) is 5.57 Å². The van der Waals surface area contributed by atoms with Gasteiger partial charge in [-0.25, -0.2) is 0 Å². The summed E-state index contributed by atoms with van der Waals surface area (Å²) in [5, 5.41) is 0. The van der Waals surface area contributed by atoms with E-state index >= 15 is 0 Å². The third-order valence-electron chi connectivity index (χ3n) is 6.48. The van der Waals surface area contributed by atoms with Crippen LogP contribution in [-0.4, -0.2) is 54.9 Å². The first-order valence-electron chi connectivity index (χ1n) is 12.5. The van der Waals surface area contributed by atoms with Crippen molar-refractivity contribution in [3.8, 4) is 0 Å². The maximum absolute atomic E-state index is 6.35. The molecule has 4 nitrogen and oxygen atoms in total. The summed E-state index contributed by atoms with van der Waals surface area (Å²) in [6.07, 6.45) is 10.9. The molecule has 0 aromatic carbocycles. The molecule has 0 saturated carbocycles. The Labute approximate surface area is 196 Å². The molecule has 2 heterocycles. The molecule has 0 N–H and O–H groups in total. The van der Waals surface area contributed by atoms with Crippen LogP contribution in [-0.2, 0) is 18.9 Å². The van der Waals surface area contributed by atoms with E-state index in [-0.39, 0.29) is 18.3 Å². The Morgan fingerprint density at radius 2 is 1.45 bits per heavy atom. The van der Waals surface area contributed by atoms with Crippen molar-refractivity contribution in [1.82, 2.24) is 0 Å². The van der Waals surface area contributed by atoms with Crippen LogP contribution in [0.3, 0.4) is 0 Å². The van der Waals surface area contributed by atoms with Gasteiger partial charge in [-0.05, 0) is 0 Å². The van der Waals surface area contributed by atoms with E-state index in [1.54, 1.807) is 0 Å². The van der Waals surface area contributed by atoms with Gasteiger partial charge in [0.1, 0.15) is 0 Å². The second-order valence-electron chi connectivity index (χ2n) is 10.4. The Bertz CT molecular complexity index is 576. The normalized spacial score (nSPS) is 28.5. The van der Waals surface area contributed by atoms with E-state index in [1.165, 1.54) is 51.8 Å². The van der Waals surface area contributed by atoms with Crippen LogP contribution in [0.5, 0.6) is 0 Å². The topological polar surface area (TPSA) is 36.9 Å². The number of hydrogen-bond donors (Lipinski definition) is 0. The summed E-state index contributed by atoms with van der Waals surface area (Å²) in [6, 6.07) is 0. The predicted octanol–water partition coefficient (Wildman–Crippen LogP) is 6.96. The summed E-state index contributed by atoms with van der Waals surface area (Å²) in [5.74, 6) is -1.31. The van der Waals surface area contributed by atoms with Crippen molar-refractivity contribution in [2.24, 2.45) is 0 Å². The fourth-order valence-electron chi connectivity index (χ4n) is 4.65. The number of unbranched alkanes of at least 4 members (excludes halogenated alkanes) is 3. The van der Waals surface area contributed by atoms with Crippen LogP contribution in [0.4, 0.5) is 0 Å². The van der Waals surface area contributed by atoms with E-state index in [0.29, 0.717) is 6.61 Å². The predicted molar refractivity (Wildman–Crippen MR) is 131 cm³/mol. The van der Waals surface area contributed by atoms with Crippen molar-refractivity contribution in [3.63, 3.8) is 0 Å². The monoisotopic (exact) mass is 543 g/mol. The molecule has 0 amide bonds. The zero-order chi connectivity index (χ0) is 23.1. The molecule has 2 fully saturated rings. The molecule has 2 aliphatic heterocycles. The van der Waals surface area contributed by atoms with Gasteiger partial charge in [0.15, 0.2) is 0 Å². The Kier molecular flexibility index (Phi) is 10.6. The van der Waals surface area contributed by atoms with E-state index < -0.39 is 30.0 Å². The molecular weight excluding hydrogens is 495 g/mol. The molecule has 0 aromatic heterocycles. The second-order valence-corrected chi connectivity index (χ2v) is 23.3. The molecule has 0 spiro atoms. The molecular formula is C26H47O4Sn. The Balaban J connectivity index is 2.28. The summed E-state index contributed by atoms with van der Waals surface area (Å²) >= 11 is -2.45. The van der Waals surface area contributed by atoms with Crippen molar-refractivity contribution in [2.45, 2.75) is 130 Å². The van der Waals surface area contributed by atoms with Gasteiger partial charge < -0.3 is 0 Å². The van der Waals surface area contributed by atoms with Gasteiger partial charge in [0.25, 0.3) is 0 Å². The van der Waals surface area contributed by atoms with E-state index in [2.05, 4.69) is 37.5 Å². The molecule has 5 heteroatoms. The summed E-state index contributed by atoms with van der Waals surface area (Å²) in [7, 11) is 0. The van der Waals surface area contributed by atoms with Gasteiger partial charge in [0.05, 0.1) is 0 Å². The van der Waals surface area contributed by atoms with Gasteiger partial charge in [-0.3, -0.25) is 0 Å². The number of rotatable bonds is 12. The van der Waals surface area contributed by atoms with Crippen LogP contribution >= 0.6 is 0 Å². The molecule has 2 aliphatic rings. The fraction of sp³-hybridized carbons (Fsp3) is 0.846. The van der Waals surface area contributed by atoms with Crippen molar-refractivity contribution >= 4 is 18.4 Å². The second kappa shape index (κ2) is 12.0. The molecule has 0 aliphatic carbocycles. The number of ether oxygens (including phenoxy) is 4. The molecule has 2 rings (SSSR count). The van der Waals surface area contributed by atoms with Crippen LogP contribution in [0.15, 0.2) is 16.2 Å². The van der Waals surface area contributed by atoms with Gasteiger partial charge in [-0.1, -0.05) is 0 Å². The summed E-state index contributed by atoms with van der Waals surface area (Å²) in [4.78, 5) is 0. The first-order chi connectivity index (χ1) is 14.6. The molecule has 0 bridgehead atoms. The SMILES string of the molecule is C=C1COC(C)(C)O[C@@H]1[C@@H]1OC(C)(C)O[C@H]1[C]=[CH][Sn]([CH2]CCC)([CH2]CCC)[CH2]CCC. The van der Waals surface area contributed by atoms with Crippen LogP contribution in [0.25, 0.3) is 0 Å². The van der Waals surface area contributed by atoms with Crippen molar-refractivity contribution in [3.05, 3.63) is 22.3 Å². The maximum atomic E-state index is 6.35. The minimum absolute atomic E-state index is 0.230. The molecule has 179 valence electrons. The van der Waals surface area contributed by atoms with Gasteiger partial charge in [0, 0.05) is 0 Å². The molecule has 3 atom stereocenters. The Hall–Kier alpha value is 0.119. The van der Waals surface area contributed by atoms with Crippen LogP contribution in [0.2, 0.25) is 13.3 Å². The zero-order valence-electron chi connectivity index (χ0n) is 21.2. The average molecular weight is 542 g/mol. The van der Waals surface area contributed by atoms with E-state index in [4.69, 9.17) is 18.9 Å². The molecule has 31 heavy (non-hydrogen) atoms. The quantitative estimate of drug-likeness (QED) is 0.197.